The molecule has 2 heteroatoms. The van der Waals surface area contributed by atoms with Crippen LogP contribution in [0.15, 0.2) is 0 Å². The predicted octanol–water partition coefficient (Wildman–Crippen LogP) is 3.13. The van der Waals surface area contributed by atoms with Gasteiger partial charge in [-0.1, -0.05) is 34.1 Å². The summed E-state index contributed by atoms with van der Waals surface area (Å²) in [6.07, 6.45) is 5.30. The van der Waals surface area contributed by atoms with Crippen molar-refractivity contribution in [2.45, 2.75) is 53.4 Å². The lowest BCUT2D eigenvalue weighted by Gasteiger charge is -2.22. The van der Waals surface area contributed by atoms with E-state index >= 15 is 0 Å². The van der Waals surface area contributed by atoms with E-state index in [9.17, 15) is 0 Å². The first-order valence-corrected chi connectivity index (χ1v) is 7.13. The van der Waals surface area contributed by atoms with Crippen LogP contribution in [-0.4, -0.2) is 37.6 Å². The van der Waals surface area contributed by atoms with E-state index in [1.807, 2.05) is 0 Å². The number of unbranched alkanes of at least 4 members (excludes halogenated alkanes) is 2. The smallest absolute Gasteiger partial charge is 0.000427 e. The Bertz CT molecular complexity index is 135. The highest BCUT2D eigenvalue weighted by atomic mass is 15.1. The molecule has 0 aromatic carbocycles. The van der Waals surface area contributed by atoms with Gasteiger partial charge in [0.05, 0.1) is 0 Å². The van der Waals surface area contributed by atoms with Gasteiger partial charge in [-0.15, -0.1) is 0 Å². The van der Waals surface area contributed by atoms with Crippen molar-refractivity contribution in [2.24, 2.45) is 5.92 Å². The van der Waals surface area contributed by atoms with Crippen molar-refractivity contribution >= 4 is 0 Å². The Balaban J connectivity index is 3.27. The molecule has 1 N–H and O–H groups in total. The molecule has 0 radical (unpaired) electrons. The van der Waals surface area contributed by atoms with Gasteiger partial charge in [0.25, 0.3) is 0 Å². The Labute approximate surface area is 103 Å². The first kappa shape index (κ1) is 15.9. The van der Waals surface area contributed by atoms with Gasteiger partial charge in [0.15, 0.2) is 0 Å². The standard InChI is InChI=1S/C14H32N2/c1-5-10-15-11-8-7-9-12-16(6-2)13-14(3)4/h14-15H,5-13H2,1-4H3. The van der Waals surface area contributed by atoms with Crippen molar-refractivity contribution in [2.75, 3.05) is 32.7 Å². The first-order chi connectivity index (χ1) is 7.70. The number of hydrogen-bond donors (Lipinski definition) is 1. The zero-order valence-electron chi connectivity index (χ0n) is 11.9. The molecular formula is C14H32N2. The topological polar surface area (TPSA) is 15.3 Å². The summed E-state index contributed by atoms with van der Waals surface area (Å²) in [6, 6.07) is 0. The molecule has 0 heterocycles. The second kappa shape index (κ2) is 11.4. The molecule has 0 aromatic rings. The van der Waals surface area contributed by atoms with Crippen molar-refractivity contribution in [1.29, 1.82) is 0 Å². The summed E-state index contributed by atoms with van der Waals surface area (Å²) >= 11 is 0. The van der Waals surface area contributed by atoms with E-state index in [4.69, 9.17) is 0 Å². The number of nitrogens with one attached hydrogen (secondary N) is 1. The van der Waals surface area contributed by atoms with E-state index in [1.54, 1.807) is 0 Å². The van der Waals surface area contributed by atoms with Crippen LogP contribution < -0.4 is 5.32 Å². The van der Waals surface area contributed by atoms with Crippen LogP contribution >= 0.6 is 0 Å². The van der Waals surface area contributed by atoms with Crippen LogP contribution in [0.3, 0.4) is 0 Å². The van der Waals surface area contributed by atoms with Crippen molar-refractivity contribution in [1.82, 2.24) is 10.2 Å². The van der Waals surface area contributed by atoms with E-state index in [1.165, 1.54) is 58.4 Å². The van der Waals surface area contributed by atoms with Crippen LogP contribution in [0.5, 0.6) is 0 Å². The van der Waals surface area contributed by atoms with Gasteiger partial charge < -0.3 is 10.2 Å². The molecule has 0 saturated heterocycles. The summed E-state index contributed by atoms with van der Waals surface area (Å²) in [5.74, 6) is 0.797. The van der Waals surface area contributed by atoms with Gasteiger partial charge in [0.2, 0.25) is 0 Å². The quantitative estimate of drug-likeness (QED) is 0.547. The van der Waals surface area contributed by atoms with E-state index in [-0.39, 0.29) is 0 Å². The highest BCUT2D eigenvalue weighted by Crippen LogP contribution is 2.02. The highest BCUT2D eigenvalue weighted by molar-refractivity contribution is 4.58. The van der Waals surface area contributed by atoms with E-state index in [0.717, 1.165) is 5.92 Å². The minimum absolute atomic E-state index is 0.797. The molecule has 0 aliphatic heterocycles. The Morgan fingerprint density at radius 3 is 2.31 bits per heavy atom. The fraction of sp³-hybridized carbons (Fsp3) is 1.00. The SMILES string of the molecule is CCCNCCCCCN(CC)CC(C)C. The molecule has 0 rings (SSSR count). The average molecular weight is 228 g/mol. The van der Waals surface area contributed by atoms with Crippen molar-refractivity contribution < 1.29 is 0 Å². The first-order valence-electron chi connectivity index (χ1n) is 7.13. The Morgan fingerprint density at radius 2 is 1.75 bits per heavy atom. The lowest BCUT2D eigenvalue weighted by atomic mass is 10.2. The van der Waals surface area contributed by atoms with Crippen LogP contribution in [0.25, 0.3) is 0 Å². The molecule has 0 aromatic heterocycles. The van der Waals surface area contributed by atoms with Crippen LogP contribution in [0.4, 0.5) is 0 Å². The largest absolute Gasteiger partial charge is 0.317 e. The Morgan fingerprint density at radius 1 is 1.00 bits per heavy atom. The lowest BCUT2D eigenvalue weighted by Crippen LogP contribution is -2.28. The molecule has 0 aliphatic rings. The zero-order chi connectivity index (χ0) is 12.2. The van der Waals surface area contributed by atoms with E-state index in [2.05, 4.69) is 37.9 Å². The third kappa shape index (κ3) is 10.4. The molecule has 0 unspecified atom stereocenters. The van der Waals surface area contributed by atoms with Gasteiger partial charge >= 0.3 is 0 Å². The lowest BCUT2D eigenvalue weighted by molar-refractivity contribution is 0.250. The Kier molecular flexibility index (Phi) is 11.3. The van der Waals surface area contributed by atoms with Gasteiger partial charge in [-0.2, -0.15) is 0 Å². The van der Waals surface area contributed by atoms with Crippen LogP contribution in [0, 0.1) is 5.92 Å². The summed E-state index contributed by atoms with van der Waals surface area (Å²) in [5, 5.41) is 3.46. The zero-order valence-corrected chi connectivity index (χ0v) is 11.9. The van der Waals surface area contributed by atoms with Gasteiger partial charge in [-0.3, -0.25) is 0 Å². The highest BCUT2D eigenvalue weighted by Gasteiger charge is 2.03. The van der Waals surface area contributed by atoms with Gasteiger partial charge in [-0.05, 0) is 51.4 Å². The molecule has 0 spiro atoms. The monoisotopic (exact) mass is 228 g/mol. The molecule has 0 saturated carbocycles. The van der Waals surface area contributed by atoms with E-state index in [0.29, 0.717) is 0 Å². The average Bonchev–Trinajstić information content (AvgIpc) is 2.25. The van der Waals surface area contributed by atoms with Crippen molar-refractivity contribution in [3.8, 4) is 0 Å². The van der Waals surface area contributed by atoms with Crippen molar-refractivity contribution in [3.63, 3.8) is 0 Å². The summed E-state index contributed by atoms with van der Waals surface area (Å²) in [5.41, 5.74) is 0. The summed E-state index contributed by atoms with van der Waals surface area (Å²) in [7, 11) is 0. The fourth-order valence-corrected chi connectivity index (χ4v) is 1.96. The third-order valence-corrected chi connectivity index (χ3v) is 2.83. The normalized spacial score (nSPS) is 11.6. The molecule has 0 atom stereocenters. The second-order valence-corrected chi connectivity index (χ2v) is 5.10. The maximum Gasteiger partial charge on any atom is 0.000427 e. The minimum atomic E-state index is 0.797. The number of hydrogen-bond acceptors (Lipinski definition) is 2. The minimum Gasteiger partial charge on any atom is -0.317 e. The molecule has 0 bridgehead atoms. The molecule has 0 fully saturated rings. The van der Waals surface area contributed by atoms with Gasteiger partial charge in [-0.25, -0.2) is 0 Å². The number of rotatable bonds is 11. The summed E-state index contributed by atoms with van der Waals surface area (Å²) in [4.78, 5) is 2.57. The second-order valence-electron chi connectivity index (χ2n) is 5.10. The van der Waals surface area contributed by atoms with Crippen molar-refractivity contribution in [3.05, 3.63) is 0 Å². The molecule has 2 nitrogen and oxygen atoms in total. The van der Waals surface area contributed by atoms with Gasteiger partial charge in [0, 0.05) is 6.54 Å². The predicted molar refractivity (Wildman–Crippen MR) is 74.0 cm³/mol. The third-order valence-electron chi connectivity index (χ3n) is 2.83. The van der Waals surface area contributed by atoms with Crippen LogP contribution in [-0.2, 0) is 0 Å². The molecular weight excluding hydrogens is 196 g/mol. The maximum absolute atomic E-state index is 3.46. The summed E-state index contributed by atoms with van der Waals surface area (Å²) < 4.78 is 0. The fourth-order valence-electron chi connectivity index (χ4n) is 1.96. The maximum atomic E-state index is 3.46. The Hall–Kier alpha value is -0.0800. The molecule has 98 valence electrons. The molecule has 0 amide bonds. The van der Waals surface area contributed by atoms with E-state index < -0.39 is 0 Å². The molecule has 16 heavy (non-hydrogen) atoms. The summed E-state index contributed by atoms with van der Waals surface area (Å²) in [6.45, 7) is 15.2. The number of nitrogens with zero attached hydrogens (tertiary/aromatic N) is 1. The van der Waals surface area contributed by atoms with Crippen LogP contribution in [0.1, 0.15) is 53.4 Å². The van der Waals surface area contributed by atoms with Gasteiger partial charge in [0.1, 0.15) is 0 Å². The molecule has 0 aliphatic carbocycles. The van der Waals surface area contributed by atoms with Crippen LogP contribution in [0.2, 0.25) is 0 Å².